The lowest BCUT2D eigenvalue weighted by Gasteiger charge is -2.10. The number of hydrogen-bond acceptors (Lipinski definition) is 0. The van der Waals surface area contributed by atoms with E-state index < -0.39 is 0 Å². The molecule has 12 heavy (non-hydrogen) atoms. The zero-order chi connectivity index (χ0) is 9.14. The molecule has 0 bridgehead atoms. The first kappa shape index (κ1) is 9.31. The summed E-state index contributed by atoms with van der Waals surface area (Å²) in [6.07, 6.45) is 1.23. The Hall–Kier alpha value is -0.780. The normalized spacial score (nSPS) is 13.0. The molecule has 0 nitrogen and oxygen atoms in total. The van der Waals surface area contributed by atoms with Crippen molar-refractivity contribution >= 4 is 0 Å². The Bertz CT molecular complexity index is 240. The summed E-state index contributed by atoms with van der Waals surface area (Å²) in [5, 5.41) is 0. The molecule has 0 unspecified atom stereocenters. The van der Waals surface area contributed by atoms with Crippen molar-refractivity contribution < 1.29 is 0 Å². The summed E-state index contributed by atoms with van der Waals surface area (Å²) < 4.78 is 0. The zero-order valence-corrected chi connectivity index (χ0v) is 8.52. The Kier molecular flexibility index (Phi) is 2.91. The Balaban J connectivity index is 3.00. The number of aryl methyl sites for hydroxylation is 2. The summed E-state index contributed by atoms with van der Waals surface area (Å²) >= 11 is 0. The molecule has 0 N–H and O–H groups in total. The highest BCUT2D eigenvalue weighted by Crippen LogP contribution is 2.20. The van der Waals surface area contributed by atoms with E-state index in [2.05, 4.69) is 45.9 Å². The van der Waals surface area contributed by atoms with Crippen LogP contribution in [0.5, 0.6) is 0 Å². The van der Waals surface area contributed by atoms with Gasteiger partial charge < -0.3 is 0 Å². The van der Waals surface area contributed by atoms with Crippen LogP contribution in [0.4, 0.5) is 0 Å². The minimum Gasteiger partial charge on any atom is -0.0648 e. The van der Waals surface area contributed by atoms with Crippen LogP contribution in [0.3, 0.4) is 0 Å². The Morgan fingerprint density at radius 3 is 2.00 bits per heavy atom. The predicted molar refractivity (Wildman–Crippen MR) is 54.6 cm³/mol. The Morgan fingerprint density at radius 1 is 1.08 bits per heavy atom. The average Bonchev–Trinajstić information content (AvgIpc) is 2.01. The fourth-order valence-corrected chi connectivity index (χ4v) is 1.53. The molecule has 1 rings (SSSR count). The van der Waals surface area contributed by atoms with Crippen LogP contribution in [0.2, 0.25) is 0 Å². The lowest BCUT2D eigenvalue weighted by Crippen LogP contribution is -1.92. The molecule has 0 aromatic heterocycles. The lowest BCUT2D eigenvalue weighted by molar-refractivity contribution is 0.732. The summed E-state index contributed by atoms with van der Waals surface area (Å²) in [5.74, 6) is 0.698. The molecule has 0 aliphatic heterocycles. The van der Waals surface area contributed by atoms with Gasteiger partial charge in [-0.3, -0.25) is 0 Å². The highest BCUT2D eigenvalue weighted by atomic mass is 14.1. The van der Waals surface area contributed by atoms with Crippen LogP contribution < -0.4 is 0 Å². The van der Waals surface area contributed by atoms with E-state index in [1.165, 1.54) is 23.1 Å². The van der Waals surface area contributed by atoms with Crippen LogP contribution in [-0.2, 0) is 0 Å². The largest absolute Gasteiger partial charge is 0.0648 e. The molecule has 1 atom stereocenters. The molecule has 0 aliphatic carbocycles. The van der Waals surface area contributed by atoms with Crippen molar-refractivity contribution in [1.29, 1.82) is 0 Å². The first-order valence-corrected chi connectivity index (χ1v) is 4.71. The number of hydrogen-bond donors (Lipinski definition) is 0. The molecule has 0 fully saturated rings. The van der Waals surface area contributed by atoms with Crippen LogP contribution in [0, 0.1) is 13.8 Å². The lowest BCUT2D eigenvalue weighted by atomic mass is 9.95. The predicted octanol–water partition coefficient (Wildman–Crippen LogP) is 3.82. The molecule has 0 amide bonds. The van der Waals surface area contributed by atoms with Gasteiger partial charge in [0.25, 0.3) is 0 Å². The molecule has 1 aromatic rings. The van der Waals surface area contributed by atoms with Crippen molar-refractivity contribution in [2.24, 2.45) is 0 Å². The minimum atomic E-state index is 0.698. The first-order chi connectivity index (χ1) is 5.63. The third kappa shape index (κ3) is 2.10. The molecule has 66 valence electrons. The third-order valence-corrected chi connectivity index (χ3v) is 2.43. The van der Waals surface area contributed by atoms with Gasteiger partial charge in [0, 0.05) is 0 Å². The maximum atomic E-state index is 2.29. The van der Waals surface area contributed by atoms with Gasteiger partial charge in [-0.15, -0.1) is 0 Å². The summed E-state index contributed by atoms with van der Waals surface area (Å²) in [6.45, 7) is 8.86. The SMILES string of the molecule is CC[C@H](C)c1cc(C)cc(C)c1. The number of rotatable bonds is 2. The third-order valence-electron chi connectivity index (χ3n) is 2.43. The first-order valence-electron chi connectivity index (χ1n) is 4.71. The summed E-state index contributed by atoms with van der Waals surface area (Å²) in [4.78, 5) is 0. The van der Waals surface area contributed by atoms with Crippen LogP contribution in [0.25, 0.3) is 0 Å². The molecule has 0 heterocycles. The minimum absolute atomic E-state index is 0.698. The molecule has 0 heteroatoms. The van der Waals surface area contributed by atoms with E-state index in [0.717, 1.165) is 0 Å². The van der Waals surface area contributed by atoms with Gasteiger partial charge >= 0.3 is 0 Å². The highest BCUT2D eigenvalue weighted by Gasteiger charge is 2.02. The second kappa shape index (κ2) is 3.75. The molecular weight excluding hydrogens is 144 g/mol. The molecule has 1 aromatic carbocycles. The van der Waals surface area contributed by atoms with Gasteiger partial charge in [0.1, 0.15) is 0 Å². The molecule has 0 spiro atoms. The fourth-order valence-electron chi connectivity index (χ4n) is 1.53. The maximum Gasteiger partial charge on any atom is -0.0193 e. The second-order valence-corrected chi connectivity index (χ2v) is 3.73. The summed E-state index contributed by atoms with van der Waals surface area (Å²) in [5.41, 5.74) is 4.24. The molecular formula is C12H18. The Labute approximate surface area is 75.6 Å². The smallest absolute Gasteiger partial charge is 0.0193 e. The quantitative estimate of drug-likeness (QED) is 0.620. The van der Waals surface area contributed by atoms with Crippen molar-refractivity contribution in [3.8, 4) is 0 Å². The van der Waals surface area contributed by atoms with Crippen molar-refractivity contribution in [3.05, 3.63) is 34.9 Å². The molecule has 0 saturated heterocycles. The van der Waals surface area contributed by atoms with E-state index in [1.54, 1.807) is 0 Å². The van der Waals surface area contributed by atoms with E-state index >= 15 is 0 Å². The van der Waals surface area contributed by atoms with Gasteiger partial charge in [0.15, 0.2) is 0 Å². The van der Waals surface area contributed by atoms with E-state index in [0.29, 0.717) is 5.92 Å². The van der Waals surface area contributed by atoms with Crippen molar-refractivity contribution in [1.82, 2.24) is 0 Å². The monoisotopic (exact) mass is 162 g/mol. The fraction of sp³-hybridized carbons (Fsp3) is 0.500. The van der Waals surface area contributed by atoms with E-state index in [9.17, 15) is 0 Å². The van der Waals surface area contributed by atoms with E-state index in [1.807, 2.05) is 0 Å². The zero-order valence-electron chi connectivity index (χ0n) is 8.52. The van der Waals surface area contributed by atoms with Crippen molar-refractivity contribution in [3.63, 3.8) is 0 Å². The van der Waals surface area contributed by atoms with Crippen LogP contribution in [0.15, 0.2) is 18.2 Å². The van der Waals surface area contributed by atoms with Gasteiger partial charge in [-0.25, -0.2) is 0 Å². The average molecular weight is 162 g/mol. The van der Waals surface area contributed by atoms with Crippen LogP contribution >= 0.6 is 0 Å². The number of benzene rings is 1. The molecule has 0 saturated carbocycles. The van der Waals surface area contributed by atoms with Gasteiger partial charge in [-0.1, -0.05) is 43.2 Å². The standard InChI is InChI=1S/C12H18/c1-5-11(4)12-7-9(2)6-10(3)8-12/h6-8,11H,5H2,1-4H3/t11-/m0/s1. The van der Waals surface area contributed by atoms with Crippen molar-refractivity contribution in [2.75, 3.05) is 0 Å². The van der Waals surface area contributed by atoms with Gasteiger partial charge in [0.2, 0.25) is 0 Å². The summed E-state index contributed by atoms with van der Waals surface area (Å²) in [6, 6.07) is 6.81. The highest BCUT2D eigenvalue weighted by molar-refractivity contribution is 5.30. The van der Waals surface area contributed by atoms with Gasteiger partial charge in [-0.05, 0) is 31.7 Å². The van der Waals surface area contributed by atoms with Crippen LogP contribution in [0.1, 0.15) is 42.9 Å². The molecule has 0 radical (unpaired) electrons. The maximum absolute atomic E-state index is 2.29. The molecule has 0 aliphatic rings. The van der Waals surface area contributed by atoms with E-state index in [-0.39, 0.29) is 0 Å². The Morgan fingerprint density at radius 2 is 1.58 bits per heavy atom. The van der Waals surface area contributed by atoms with E-state index in [4.69, 9.17) is 0 Å². The van der Waals surface area contributed by atoms with Crippen molar-refractivity contribution in [2.45, 2.75) is 40.0 Å². The van der Waals surface area contributed by atoms with Gasteiger partial charge in [0.05, 0.1) is 0 Å². The topological polar surface area (TPSA) is 0 Å². The summed E-state index contributed by atoms with van der Waals surface area (Å²) in [7, 11) is 0. The van der Waals surface area contributed by atoms with Crippen LogP contribution in [-0.4, -0.2) is 0 Å². The second-order valence-electron chi connectivity index (χ2n) is 3.73. The van der Waals surface area contributed by atoms with Gasteiger partial charge in [-0.2, -0.15) is 0 Å².